The second kappa shape index (κ2) is 5.38. The summed E-state index contributed by atoms with van der Waals surface area (Å²) in [5, 5.41) is 16.1. The molecular formula is C9H11BrN2OS. The van der Waals surface area contributed by atoms with Crippen LogP contribution in [0.25, 0.3) is 0 Å². The van der Waals surface area contributed by atoms with Gasteiger partial charge in [0.05, 0.1) is 6.61 Å². The van der Waals surface area contributed by atoms with Crippen LogP contribution in [0.5, 0.6) is 0 Å². The van der Waals surface area contributed by atoms with Gasteiger partial charge in [0.1, 0.15) is 5.84 Å². The Morgan fingerprint density at radius 2 is 2.29 bits per heavy atom. The summed E-state index contributed by atoms with van der Waals surface area (Å²) in [7, 11) is 0. The molecule has 76 valence electrons. The molecule has 1 aromatic rings. The number of benzene rings is 1. The number of aliphatic hydroxyl groups excluding tert-OH is 1. The molecule has 0 saturated carbocycles. The van der Waals surface area contributed by atoms with E-state index in [1.54, 1.807) is 0 Å². The Morgan fingerprint density at radius 1 is 1.57 bits per heavy atom. The van der Waals surface area contributed by atoms with Gasteiger partial charge in [0.15, 0.2) is 0 Å². The van der Waals surface area contributed by atoms with Crippen molar-refractivity contribution < 1.29 is 5.11 Å². The predicted octanol–water partition coefficient (Wildman–Crippen LogP) is 1.82. The molecule has 0 aliphatic rings. The summed E-state index contributed by atoms with van der Waals surface area (Å²) in [6.07, 6.45) is 0. The van der Waals surface area contributed by atoms with Crippen LogP contribution in [0.3, 0.4) is 0 Å². The van der Waals surface area contributed by atoms with Gasteiger partial charge >= 0.3 is 0 Å². The van der Waals surface area contributed by atoms with E-state index in [-0.39, 0.29) is 12.4 Å². The number of nitrogens with one attached hydrogen (secondary N) is 1. The standard InChI is InChI=1S/C9H11BrN2OS/c10-6-2-1-3-7(14-5-4-13)8(6)9(11)12/h1-3,13H,4-5H2,(H3,11,12). The molecule has 0 aliphatic heterocycles. The lowest BCUT2D eigenvalue weighted by Crippen LogP contribution is -2.13. The van der Waals surface area contributed by atoms with Gasteiger partial charge < -0.3 is 10.8 Å². The van der Waals surface area contributed by atoms with Crippen molar-refractivity contribution in [1.29, 1.82) is 5.41 Å². The van der Waals surface area contributed by atoms with E-state index in [0.717, 1.165) is 9.37 Å². The Kier molecular flexibility index (Phi) is 4.44. The number of hydrogen-bond acceptors (Lipinski definition) is 3. The Balaban J connectivity index is 3.02. The van der Waals surface area contributed by atoms with Crippen molar-refractivity contribution in [2.75, 3.05) is 12.4 Å². The maximum atomic E-state index is 8.71. The highest BCUT2D eigenvalue weighted by molar-refractivity contribution is 9.10. The average molecular weight is 275 g/mol. The maximum Gasteiger partial charge on any atom is 0.125 e. The largest absolute Gasteiger partial charge is 0.396 e. The summed E-state index contributed by atoms with van der Waals surface area (Å²) in [4.78, 5) is 0.918. The summed E-state index contributed by atoms with van der Waals surface area (Å²) >= 11 is 4.83. The van der Waals surface area contributed by atoms with Crippen molar-refractivity contribution in [3.05, 3.63) is 28.2 Å². The zero-order valence-corrected chi connectivity index (χ0v) is 9.86. The molecule has 1 rings (SSSR count). The molecule has 4 N–H and O–H groups in total. The highest BCUT2D eigenvalue weighted by atomic mass is 79.9. The van der Waals surface area contributed by atoms with E-state index >= 15 is 0 Å². The van der Waals surface area contributed by atoms with Gasteiger partial charge in [0, 0.05) is 20.7 Å². The predicted molar refractivity (Wildman–Crippen MR) is 63.0 cm³/mol. The van der Waals surface area contributed by atoms with Crippen molar-refractivity contribution >= 4 is 33.5 Å². The second-order valence-corrected chi connectivity index (χ2v) is 4.59. The maximum absolute atomic E-state index is 8.71. The molecule has 0 fully saturated rings. The molecule has 0 aliphatic carbocycles. The van der Waals surface area contributed by atoms with Crippen LogP contribution >= 0.6 is 27.7 Å². The minimum absolute atomic E-state index is 0.0397. The molecule has 0 amide bonds. The van der Waals surface area contributed by atoms with E-state index in [1.807, 2.05) is 18.2 Å². The Hall–Kier alpha value is -0.520. The SMILES string of the molecule is N=C(N)c1c(Br)cccc1SCCO. The first-order valence-electron chi connectivity index (χ1n) is 4.03. The number of nitrogens with two attached hydrogens (primary N) is 1. The fourth-order valence-corrected chi connectivity index (χ4v) is 2.60. The molecule has 0 saturated heterocycles. The lowest BCUT2D eigenvalue weighted by atomic mass is 10.2. The number of rotatable bonds is 4. The molecule has 0 radical (unpaired) electrons. The molecule has 1 aromatic carbocycles. The van der Waals surface area contributed by atoms with Gasteiger partial charge in [-0.2, -0.15) is 0 Å². The number of halogens is 1. The molecular weight excluding hydrogens is 264 g/mol. The highest BCUT2D eigenvalue weighted by Crippen LogP contribution is 2.28. The fraction of sp³-hybridized carbons (Fsp3) is 0.222. The van der Waals surface area contributed by atoms with Crippen molar-refractivity contribution in [3.8, 4) is 0 Å². The van der Waals surface area contributed by atoms with Gasteiger partial charge in [0.2, 0.25) is 0 Å². The first-order valence-corrected chi connectivity index (χ1v) is 5.81. The van der Waals surface area contributed by atoms with Crippen molar-refractivity contribution in [2.24, 2.45) is 5.73 Å². The van der Waals surface area contributed by atoms with Gasteiger partial charge in [0.25, 0.3) is 0 Å². The number of aliphatic hydroxyl groups is 1. The lowest BCUT2D eigenvalue weighted by molar-refractivity contribution is 0.322. The normalized spacial score (nSPS) is 10.1. The van der Waals surface area contributed by atoms with Crippen LogP contribution in [-0.2, 0) is 0 Å². The van der Waals surface area contributed by atoms with Gasteiger partial charge in [-0.15, -0.1) is 11.8 Å². The summed E-state index contributed by atoms with van der Waals surface area (Å²) in [5.74, 6) is 0.648. The first kappa shape index (κ1) is 11.6. The minimum atomic E-state index is 0.0397. The van der Waals surface area contributed by atoms with Crippen LogP contribution in [0.2, 0.25) is 0 Å². The van der Waals surface area contributed by atoms with E-state index < -0.39 is 0 Å². The Labute approximate surface area is 95.3 Å². The van der Waals surface area contributed by atoms with Gasteiger partial charge in [-0.1, -0.05) is 6.07 Å². The van der Waals surface area contributed by atoms with E-state index in [4.69, 9.17) is 16.2 Å². The minimum Gasteiger partial charge on any atom is -0.396 e. The number of hydrogen-bond donors (Lipinski definition) is 3. The van der Waals surface area contributed by atoms with Crippen LogP contribution in [0.15, 0.2) is 27.6 Å². The molecule has 0 heterocycles. The van der Waals surface area contributed by atoms with Crippen LogP contribution in [0.4, 0.5) is 0 Å². The van der Waals surface area contributed by atoms with Gasteiger partial charge in [-0.25, -0.2) is 0 Å². The zero-order chi connectivity index (χ0) is 10.6. The van der Waals surface area contributed by atoms with Crippen molar-refractivity contribution in [1.82, 2.24) is 0 Å². The van der Waals surface area contributed by atoms with Crippen LogP contribution < -0.4 is 5.73 Å². The second-order valence-electron chi connectivity index (χ2n) is 2.60. The lowest BCUT2D eigenvalue weighted by Gasteiger charge is -2.08. The number of nitrogen functional groups attached to an aromatic ring is 1. The molecule has 0 unspecified atom stereocenters. The van der Waals surface area contributed by atoms with Crippen molar-refractivity contribution in [3.63, 3.8) is 0 Å². The van der Waals surface area contributed by atoms with Crippen LogP contribution in [-0.4, -0.2) is 23.3 Å². The summed E-state index contributed by atoms with van der Waals surface area (Å²) in [6.45, 7) is 0.120. The topological polar surface area (TPSA) is 70.1 Å². The summed E-state index contributed by atoms with van der Waals surface area (Å²) < 4.78 is 0.813. The van der Waals surface area contributed by atoms with Crippen LogP contribution in [0.1, 0.15) is 5.56 Å². The summed E-state index contributed by atoms with van der Waals surface area (Å²) in [6, 6.07) is 5.62. The molecule has 0 bridgehead atoms. The quantitative estimate of drug-likeness (QED) is 0.446. The third-order valence-corrected chi connectivity index (χ3v) is 3.29. The zero-order valence-electron chi connectivity index (χ0n) is 7.46. The smallest absolute Gasteiger partial charge is 0.125 e. The average Bonchev–Trinajstić information content (AvgIpc) is 2.14. The Bertz CT molecular complexity index is 344. The molecule has 5 heteroatoms. The number of thioether (sulfide) groups is 1. The van der Waals surface area contributed by atoms with E-state index in [9.17, 15) is 0 Å². The summed E-state index contributed by atoms with van der Waals surface area (Å²) in [5.41, 5.74) is 6.16. The van der Waals surface area contributed by atoms with Gasteiger partial charge in [-0.05, 0) is 28.1 Å². The molecule has 3 nitrogen and oxygen atoms in total. The molecule has 14 heavy (non-hydrogen) atoms. The van der Waals surface area contributed by atoms with Crippen LogP contribution in [0, 0.1) is 5.41 Å². The molecule has 0 spiro atoms. The Morgan fingerprint density at radius 3 is 2.86 bits per heavy atom. The third-order valence-electron chi connectivity index (χ3n) is 1.59. The van der Waals surface area contributed by atoms with E-state index in [0.29, 0.717) is 11.3 Å². The third kappa shape index (κ3) is 2.73. The van der Waals surface area contributed by atoms with E-state index in [1.165, 1.54) is 11.8 Å². The van der Waals surface area contributed by atoms with E-state index in [2.05, 4.69) is 15.9 Å². The molecule has 0 atom stereocenters. The highest BCUT2D eigenvalue weighted by Gasteiger charge is 2.09. The monoisotopic (exact) mass is 274 g/mol. The molecule has 0 aromatic heterocycles. The number of amidine groups is 1. The van der Waals surface area contributed by atoms with Gasteiger partial charge in [-0.3, -0.25) is 5.41 Å². The fourth-order valence-electron chi connectivity index (χ4n) is 1.04. The first-order chi connectivity index (χ1) is 6.66. The van der Waals surface area contributed by atoms with Crippen molar-refractivity contribution in [2.45, 2.75) is 4.90 Å².